The van der Waals surface area contributed by atoms with E-state index in [2.05, 4.69) is 20.8 Å². The number of rotatable bonds is 4. The molecule has 4 rings (SSSR count). The molecular weight excluding hydrogens is 368 g/mol. The van der Waals surface area contributed by atoms with Crippen LogP contribution in [0.25, 0.3) is 0 Å². The van der Waals surface area contributed by atoms with Gasteiger partial charge in [0.15, 0.2) is 0 Å². The predicted molar refractivity (Wildman–Crippen MR) is 110 cm³/mol. The van der Waals surface area contributed by atoms with Gasteiger partial charge in [0.25, 0.3) is 0 Å². The molecular formula is C24H40O5. The van der Waals surface area contributed by atoms with Crippen LogP contribution < -0.4 is 0 Å². The minimum absolute atomic E-state index is 0.00309. The molecule has 5 heteroatoms. The van der Waals surface area contributed by atoms with Crippen molar-refractivity contribution in [2.45, 2.75) is 96.9 Å². The lowest BCUT2D eigenvalue weighted by atomic mass is 9.43. The lowest BCUT2D eigenvalue weighted by Crippen LogP contribution is -2.64. The minimum atomic E-state index is -0.748. The van der Waals surface area contributed by atoms with Gasteiger partial charge in [-0.3, -0.25) is 4.79 Å². The van der Waals surface area contributed by atoms with Gasteiger partial charge in [-0.1, -0.05) is 20.8 Å². The topological polar surface area (TPSA) is 98.0 Å². The van der Waals surface area contributed by atoms with Crippen LogP contribution in [0.15, 0.2) is 0 Å². The minimum Gasteiger partial charge on any atom is -0.481 e. The zero-order valence-electron chi connectivity index (χ0n) is 18.3. The van der Waals surface area contributed by atoms with E-state index in [4.69, 9.17) is 5.11 Å². The van der Waals surface area contributed by atoms with Crippen LogP contribution in [0.3, 0.4) is 0 Å². The van der Waals surface area contributed by atoms with Crippen molar-refractivity contribution in [2.24, 2.45) is 46.3 Å². The zero-order chi connectivity index (χ0) is 21.1. The summed E-state index contributed by atoms with van der Waals surface area (Å²) in [5.74, 6) is 1.06. The van der Waals surface area contributed by atoms with Gasteiger partial charge in [0.05, 0.1) is 18.3 Å². The van der Waals surface area contributed by atoms with E-state index in [9.17, 15) is 20.1 Å². The molecule has 0 aromatic heterocycles. The Balaban J connectivity index is 1.59. The SMILES string of the molecule is C[C@H](CCC(=O)O)[C@H]1CCC2C3C(CC[C@@]21C)[C@@]1(C)CC[C@@H](O)CC1[C@H](O)[C@H]3O. The quantitative estimate of drug-likeness (QED) is 0.571. The van der Waals surface area contributed by atoms with E-state index < -0.39 is 18.2 Å². The smallest absolute Gasteiger partial charge is 0.303 e. The van der Waals surface area contributed by atoms with Crippen molar-refractivity contribution in [2.75, 3.05) is 0 Å². The molecule has 166 valence electrons. The molecule has 0 heterocycles. The summed E-state index contributed by atoms with van der Waals surface area (Å²) in [6.45, 7) is 6.89. The summed E-state index contributed by atoms with van der Waals surface area (Å²) < 4.78 is 0. The fourth-order valence-corrected chi connectivity index (χ4v) is 8.77. The Bertz CT molecular complexity index is 637. The van der Waals surface area contributed by atoms with Gasteiger partial charge in [-0.15, -0.1) is 0 Å². The van der Waals surface area contributed by atoms with Gasteiger partial charge in [-0.25, -0.2) is 0 Å². The predicted octanol–water partition coefficient (Wildman–Crippen LogP) is 3.45. The van der Waals surface area contributed by atoms with E-state index in [-0.39, 0.29) is 35.2 Å². The molecule has 0 radical (unpaired) electrons. The van der Waals surface area contributed by atoms with E-state index in [1.807, 2.05) is 0 Å². The molecule has 4 aliphatic carbocycles. The second-order valence-electron chi connectivity index (χ2n) is 11.5. The molecule has 4 saturated carbocycles. The Morgan fingerprint density at radius 2 is 1.59 bits per heavy atom. The number of hydrogen-bond acceptors (Lipinski definition) is 4. The molecule has 0 saturated heterocycles. The maximum Gasteiger partial charge on any atom is 0.303 e. The Hall–Kier alpha value is -0.650. The van der Waals surface area contributed by atoms with Gasteiger partial charge in [0, 0.05) is 6.42 Å². The van der Waals surface area contributed by atoms with E-state index in [0.717, 1.165) is 44.9 Å². The lowest BCUT2D eigenvalue weighted by molar-refractivity contribution is -0.223. The second kappa shape index (κ2) is 7.49. The molecule has 11 atom stereocenters. The van der Waals surface area contributed by atoms with Gasteiger partial charge in [-0.05, 0) is 97.7 Å². The Kier molecular flexibility index (Phi) is 5.57. The summed E-state index contributed by atoms with van der Waals surface area (Å²) in [6.07, 6.45) is 5.87. The van der Waals surface area contributed by atoms with Crippen molar-refractivity contribution in [1.82, 2.24) is 0 Å². The molecule has 0 aromatic rings. The Labute approximate surface area is 174 Å². The van der Waals surface area contributed by atoms with E-state index in [0.29, 0.717) is 30.1 Å². The molecule has 0 bridgehead atoms. The summed E-state index contributed by atoms with van der Waals surface area (Å²) in [5, 5.41) is 41.7. The van der Waals surface area contributed by atoms with Crippen molar-refractivity contribution in [3.63, 3.8) is 0 Å². The third-order valence-electron chi connectivity index (χ3n) is 10.3. The standard InChI is InChI=1S/C24H40O5/c1-13(4-7-19(26)27)15-5-6-16-20-17(9-11-23(15,16)2)24(3)10-8-14(25)12-18(24)21(28)22(20)29/h13-18,20-22,25,28-29H,4-12H2,1-3H3,(H,26,27)/t13-,14-,15-,16?,17?,18?,20?,21+,22+,23-,24-/m1/s1. The van der Waals surface area contributed by atoms with Crippen LogP contribution in [0.2, 0.25) is 0 Å². The van der Waals surface area contributed by atoms with Crippen LogP contribution in [0.5, 0.6) is 0 Å². The van der Waals surface area contributed by atoms with Gasteiger partial charge < -0.3 is 20.4 Å². The van der Waals surface area contributed by atoms with Crippen LogP contribution in [0, 0.1) is 46.3 Å². The average molecular weight is 409 g/mol. The third kappa shape index (κ3) is 3.27. The zero-order valence-corrected chi connectivity index (χ0v) is 18.3. The van der Waals surface area contributed by atoms with E-state index in [1.54, 1.807) is 0 Å². The summed E-state index contributed by atoms with van der Waals surface area (Å²) in [6, 6.07) is 0. The van der Waals surface area contributed by atoms with Crippen molar-refractivity contribution >= 4 is 5.97 Å². The average Bonchev–Trinajstić information content (AvgIpc) is 3.02. The summed E-state index contributed by atoms with van der Waals surface area (Å²) in [4.78, 5) is 11.1. The molecule has 0 aliphatic heterocycles. The Morgan fingerprint density at radius 3 is 2.28 bits per heavy atom. The molecule has 5 nitrogen and oxygen atoms in total. The van der Waals surface area contributed by atoms with Crippen LogP contribution in [-0.4, -0.2) is 44.7 Å². The van der Waals surface area contributed by atoms with Crippen molar-refractivity contribution < 1.29 is 25.2 Å². The normalized spacial score (nSPS) is 52.9. The van der Waals surface area contributed by atoms with Crippen molar-refractivity contribution in [3.05, 3.63) is 0 Å². The van der Waals surface area contributed by atoms with Crippen LogP contribution >= 0.6 is 0 Å². The highest BCUT2D eigenvalue weighted by Gasteiger charge is 2.65. The number of carboxylic acids is 1. The van der Waals surface area contributed by atoms with E-state index >= 15 is 0 Å². The highest BCUT2D eigenvalue weighted by atomic mass is 16.4. The highest BCUT2D eigenvalue weighted by molar-refractivity contribution is 5.66. The molecule has 0 aromatic carbocycles. The summed E-state index contributed by atoms with van der Waals surface area (Å²) in [7, 11) is 0. The fourth-order valence-electron chi connectivity index (χ4n) is 8.77. The highest BCUT2D eigenvalue weighted by Crippen LogP contribution is 2.68. The van der Waals surface area contributed by atoms with E-state index in [1.165, 1.54) is 0 Å². The van der Waals surface area contributed by atoms with Crippen LogP contribution in [0.1, 0.15) is 78.6 Å². The number of aliphatic hydroxyl groups is 3. The maximum atomic E-state index is 11.3. The number of carboxylic acid groups (broad SMARTS) is 1. The fraction of sp³-hybridized carbons (Fsp3) is 0.958. The van der Waals surface area contributed by atoms with Gasteiger partial charge in [-0.2, -0.15) is 0 Å². The van der Waals surface area contributed by atoms with Gasteiger partial charge in [0.2, 0.25) is 0 Å². The second-order valence-corrected chi connectivity index (χ2v) is 11.5. The molecule has 4 aliphatic rings. The lowest BCUT2D eigenvalue weighted by Gasteiger charge is -2.63. The largest absolute Gasteiger partial charge is 0.481 e. The third-order valence-corrected chi connectivity index (χ3v) is 10.3. The maximum absolute atomic E-state index is 11.3. The first-order valence-corrected chi connectivity index (χ1v) is 11.9. The number of aliphatic hydroxyl groups excluding tert-OH is 3. The van der Waals surface area contributed by atoms with Gasteiger partial charge >= 0.3 is 5.97 Å². The molecule has 29 heavy (non-hydrogen) atoms. The van der Waals surface area contributed by atoms with Crippen molar-refractivity contribution in [3.8, 4) is 0 Å². The number of aliphatic carboxylic acids is 1. The summed E-state index contributed by atoms with van der Waals surface area (Å²) in [5.41, 5.74) is 0.119. The van der Waals surface area contributed by atoms with Crippen LogP contribution in [-0.2, 0) is 4.79 Å². The first-order valence-electron chi connectivity index (χ1n) is 11.9. The van der Waals surface area contributed by atoms with Crippen molar-refractivity contribution in [1.29, 1.82) is 0 Å². The van der Waals surface area contributed by atoms with Gasteiger partial charge in [0.1, 0.15) is 0 Å². The first kappa shape index (κ1) is 21.6. The molecule has 0 spiro atoms. The Morgan fingerprint density at radius 1 is 0.931 bits per heavy atom. The molecule has 4 fully saturated rings. The molecule has 4 N–H and O–H groups in total. The molecule has 0 amide bonds. The number of carbonyl (C=O) groups is 1. The number of hydrogen-bond donors (Lipinski definition) is 4. The molecule has 4 unspecified atom stereocenters. The number of fused-ring (bicyclic) bond motifs is 5. The first-order chi connectivity index (χ1) is 13.6. The summed E-state index contributed by atoms with van der Waals surface area (Å²) >= 11 is 0. The van der Waals surface area contributed by atoms with Crippen LogP contribution in [0.4, 0.5) is 0 Å². The monoisotopic (exact) mass is 408 g/mol.